The molecule has 1 N–H and O–H groups in total. The molecule has 1 fully saturated rings. The van der Waals surface area contributed by atoms with E-state index in [0.717, 1.165) is 30.6 Å². The van der Waals surface area contributed by atoms with Crippen LogP contribution in [0, 0.1) is 5.92 Å². The van der Waals surface area contributed by atoms with E-state index in [9.17, 15) is 19.2 Å². The number of fused-ring (bicyclic) bond motifs is 1. The molecule has 2 aromatic carbocycles. The fourth-order valence-electron chi connectivity index (χ4n) is 4.44. The third-order valence-corrected chi connectivity index (χ3v) is 6.62. The minimum atomic E-state index is -0.806. The molecular weight excluding hydrogens is 460 g/mol. The molecule has 0 spiro atoms. The smallest absolute Gasteiger partial charge is 0.342 e. The van der Waals surface area contributed by atoms with Crippen LogP contribution in [0.2, 0.25) is 5.02 Å². The molecule has 8 nitrogen and oxygen atoms in total. The number of esters is 1. The van der Waals surface area contributed by atoms with Crippen molar-refractivity contribution < 1.29 is 28.7 Å². The highest BCUT2D eigenvalue weighted by Gasteiger charge is 2.38. The molecule has 0 bridgehead atoms. The van der Waals surface area contributed by atoms with Gasteiger partial charge in [0.2, 0.25) is 0 Å². The Morgan fingerprint density at radius 1 is 1.09 bits per heavy atom. The average Bonchev–Trinajstić information content (AvgIpc) is 3.09. The van der Waals surface area contributed by atoms with Gasteiger partial charge in [-0.1, -0.05) is 43.5 Å². The molecule has 3 amide bonds. The molecule has 0 radical (unpaired) electrons. The number of hydrogen-bond acceptors (Lipinski definition) is 6. The Labute approximate surface area is 202 Å². The summed E-state index contributed by atoms with van der Waals surface area (Å²) in [5.41, 5.74) is 0.602. The molecule has 1 aliphatic carbocycles. The molecule has 9 heteroatoms. The summed E-state index contributed by atoms with van der Waals surface area (Å²) in [6.07, 6.45) is 4.17. The highest BCUT2D eigenvalue weighted by molar-refractivity contribution is 6.40. The molecular formula is C25H25ClN2O6. The van der Waals surface area contributed by atoms with Gasteiger partial charge in [0.1, 0.15) is 11.3 Å². The number of methoxy groups -OCH3 is 1. The van der Waals surface area contributed by atoms with Gasteiger partial charge in [-0.3, -0.25) is 14.4 Å². The maximum Gasteiger partial charge on any atom is 0.342 e. The fourth-order valence-corrected chi connectivity index (χ4v) is 4.69. The number of anilines is 1. The van der Waals surface area contributed by atoms with Gasteiger partial charge in [0.25, 0.3) is 17.7 Å². The maximum absolute atomic E-state index is 12.8. The fraction of sp³-hybridized carbons (Fsp3) is 0.360. The van der Waals surface area contributed by atoms with Crippen molar-refractivity contribution in [2.45, 2.75) is 38.6 Å². The lowest BCUT2D eigenvalue weighted by Gasteiger charge is -2.29. The number of rotatable bonds is 6. The van der Waals surface area contributed by atoms with Crippen LogP contribution in [-0.2, 0) is 9.53 Å². The van der Waals surface area contributed by atoms with Gasteiger partial charge in [-0.25, -0.2) is 9.69 Å². The lowest BCUT2D eigenvalue weighted by atomic mass is 9.86. The Bertz CT molecular complexity index is 1130. The van der Waals surface area contributed by atoms with Crippen LogP contribution in [0.15, 0.2) is 36.4 Å². The number of imide groups is 1. The molecule has 178 valence electrons. The molecule has 34 heavy (non-hydrogen) atoms. The summed E-state index contributed by atoms with van der Waals surface area (Å²) in [6.45, 7) is 1.65. The van der Waals surface area contributed by atoms with Crippen molar-refractivity contribution in [3.63, 3.8) is 0 Å². The second-order valence-corrected chi connectivity index (χ2v) is 8.91. The lowest BCUT2D eigenvalue weighted by Crippen LogP contribution is -2.42. The van der Waals surface area contributed by atoms with Gasteiger partial charge >= 0.3 is 5.97 Å². The number of carbonyl (C=O) groups is 4. The molecule has 0 aromatic heterocycles. The first-order valence-corrected chi connectivity index (χ1v) is 11.5. The Hall–Kier alpha value is -3.39. The standard InChI is InChI=1S/C25H25ClN2O6/c1-14-7-3-6-10-19(14)27-22(29)13-34-25(32)17-11-18(26)20(12-21(17)33-2)28-23(30)15-8-4-5-9-16(15)24(28)31/h4-5,8-9,11-12,14,19H,3,6-7,10,13H2,1-2H3,(H,27,29). The van der Waals surface area contributed by atoms with E-state index in [1.165, 1.54) is 19.2 Å². The number of amides is 3. The number of benzene rings is 2. The van der Waals surface area contributed by atoms with Crippen molar-refractivity contribution in [2.75, 3.05) is 18.6 Å². The van der Waals surface area contributed by atoms with E-state index in [1.807, 2.05) is 0 Å². The van der Waals surface area contributed by atoms with Crippen LogP contribution >= 0.6 is 11.6 Å². The number of ether oxygens (including phenoxy) is 2. The first kappa shape index (κ1) is 23.8. The molecule has 2 aliphatic rings. The Kier molecular flexibility index (Phi) is 6.88. The van der Waals surface area contributed by atoms with Crippen LogP contribution in [0.1, 0.15) is 63.7 Å². The number of nitrogens with zero attached hydrogens (tertiary/aromatic N) is 1. The molecule has 2 aromatic rings. The first-order chi connectivity index (χ1) is 16.3. The number of halogens is 1. The second-order valence-electron chi connectivity index (χ2n) is 8.51. The third kappa shape index (κ3) is 4.50. The number of nitrogens with one attached hydrogen (secondary N) is 1. The third-order valence-electron chi connectivity index (χ3n) is 6.32. The van der Waals surface area contributed by atoms with E-state index < -0.39 is 24.4 Å². The van der Waals surface area contributed by atoms with Crippen molar-refractivity contribution in [1.29, 1.82) is 0 Å². The Balaban J connectivity index is 1.49. The largest absolute Gasteiger partial charge is 0.496 e. The van der Waals surface area contributed by atoms with E-state index >= 15 is 0 Å². The molecule has 1 heterocycles. The molecule has 4 rings (SSSR count). The van der Waals surface area contributed by atoms with Crippen LogP contribution in [-0.4, -0.2) is 43.4 Å². The molecule has 2 atom stereocenters. The van der Waals surface area contributed by atoms with Crippen LogP contribution in [0.5, 0.6) is 5.75 Å². The van der Waals surface area contributed by atoms with Crippen molar-refractivity contribution >= 4 is 41.0 Å². The summed E-state index contributed by atoms with van der Waals surface area (Å²) in [5.74, 6) is -1.79. The van der Waals surface area contributed by atoms with E-state index in [-0.39, 0.29) is 45.1 Å². The van der Waals surface area contributed by atoms with Gasteiger partial charge in [0.15, 0.2) is 6.61 Å². The zero-order valence-electron chi connectivity index (χ0n) is 18.9. The normalized spacial score (nSPS) is 19.6. The summed E-state index contributed by atoms with van der Waals surface area (Å²) < 4.78 is 10.5. The summed E-state index contributed by atoms with van der Waals surface area (Å²) in [6, 6.07) is 9.13. The Morgan fingerprint density at radius 2 is 1.74 bits per heavy atom. The van der Waals surface area contributed by atoms with Crippen LogP contribution in [0.3, 0.4) is 0 Å². The summed E-state index contributed by atoms with van der Waals surface area (Å²) >= 11 is 6.37. The van der Waals surface area contributed by atoms with Gasteiger partial charge < -0.3 is 14.8 Å². The molecule has 1 saturated carbocycles. The lowest BCUT2D eigenvalue weighted by molar-refractivity contribution is -0.125. The number of carbonyl (C=O) groups excluding carboxylic acids is 4. The SMILES string of the molecule is COc1cc(N2C(=O)c3ccccc3C2=O)c(Cl)cc1C(=O)OCC(=O)NC1CCCCC1C. The highest BCUT2D eigenvalue weighted by atomic mass is 35.5. The quantitative estimate of drug-likeness (QED) is 0.491. The van der Waals surface area contributed by atoms with Gasteiger partial charge in [0, 0.05) is 12.1 Å². The molecule has 2 unspecified atom stereocenters. The van der Waals surface area contributed by atoms with Crippen molar-refractivity contribution in [3.8, 4) is 5.75 Å². The Morgan fingerprint density at radius 3 is 2.35 bits per heavy atom. The predicted octanol–water partition coefficient (Wildman–Crippen LogP) is 4.00. The first-order valence-electron chi connectivity index (χ1n) is 11.1. The molecule has 1 aliphatic heterocycles. The van der Waals surface area contributed by atoms with Gasteiger partial charge in [0.05, 0.1) is 28.9 Å². The zero-order chi connectivity index (χ0) is 24.4. The molecule has 0 saturated heterocycles. The zero-order valence-corrected chi connectivity index (χ0v) is 19.7. The number of hydrogen-bond donors (Lipinski definition) is 1. The minimum Gasteiger partial charge on any atom is -0.496 e. The summed E-state index contributed by atoms with van der Waals surface area (Å²) in [7, 11) is 1.34. The van der Waals surface area contributed by atoms with E-state index in [2.05, 4.69) is 12.2 Å². The summed E-state index contributed by atoms with van der Waals surface area (Å²) in [4.78, 5) is 51.6. The monoisotopic (exact) mass is 484 g/mol. The summed E-state index contributed by atoms with van der Waals surface area (Å²) in [5, 5.41) is 2.91. The predicted molar refractivity (Wildman–Crippen MR) is 125 cm³/mol. The van der Waals surface area contributed by atoms with Crippen LogP contribution in [0.4, 0.5) is 5.69 Å². The van der Waals surface area contributed by atoms with Gasteiger partial charge in [-0.15, -0.1) is 0 Å². The van der Waals surface area contributed by atoms with Crippen LogP contribution < -0.4 is 15.0 Å². The highest BCUT2D eigenvalue weighted by Crippen LogP contribution is 2.38. The van der Waals surface area contributed by atoms with Gasteiger partial charge in [-0.2, -0.15) is 0 Å². The average molecular weight is 485 g/mol. The van der Waals surface area contributed by atoms with Crippen LogP contribution in [0.25, 0.3) is 0 Å². The van der Waals surface area contributed by atoms with E-state index in [4.69, 9.17) is 21.1 Å². The van der Waals surface area contributed by atoms with Crippen molar-refractivity contribution in [3.05, 3.63) is 58.1 Å². The maximum atomic E-state index is 12.8. The van der Waals surface area contributed by atoms with E-state index in [0.29, 0.717) is 5.92 Å². The van der Waals surface area contributed by atoms with Gasteiger partial charge in [-0.05, 0) is 37.0 Å². The van der Waals surface area contributed by atoms with Crippen molar-refractivity contribution in [1.82, 2.24) is 5.32 Å². The van der Waals surface area contributed by atoms with E-state index in [1.54, 1.807) is 24.3 Å². The topological polar surface area (TPSA) is 102 Å². The minimum absolute atomic E-state index is 0.0114. The van der Waals surface area contributed by atoms with Crippen molar-refractivity contribution in [2.24, 2.45) is 5.92 Å². The second kappa shape index (κ2) is 9.85.